The van der Waals surface area contributed by atoms with Gasteiger partial charge in [-0.3, -0.25) is 9.78 Å². The van der Waals surface area contributed by atoms with Crippen LogP contribution >= 0.6 is 0 Å². The molecular weight excluding hydrogens is 222 g/mol. The Morgan fingerprint density at radius 3 is 2.62 bits per heavy atom. The number of carboxylic acid groups (broad SMARTS) is 1. The van der Waals surface area contributed by atoms with E-state index in [4.69, 9.17) is 10.8 Å². The summed E-state index contributed by atoms with van der Waals surface area (Å²) < 4.78 is 25.3. The van der Waals surface area contributed by atoms with Crippen molar-refractivity contribution in [2.75, 3.05) is 0 Å². The van der Waals surface area contributed by atoms with Gasteiger partial charge >= 0.3 is 5.97 Å². The number of carbonyl (C=O) groups is 1. The van der Waals surface area contributed by atoms with Crippen LogP contribution in [0.2, 0.25) is 0 Å². The first-order chi connectivity index (χ1) is 7.47. The van der Waals surface area contributed by atoms with E-state index in [1.807, 2.05) is 0 Å². The van der Waals surface area contributed by atoms with Crippen molar-refractivity contribution in [3.8, 4) is 5.75 Å². The monoisotopic (exact) mass is 232 g/mol. The second-order valence-electron chi connectivity index (χ2n) is 3.07. The highest BCUT2D eigenvalue weighted by Crippen LogP contribution is 2.33. The molecule has 1 aromatic heterocycles. The van der Waals surface area contributed by atoms with Crippen molar-refractivity contribution in [1.29, 1.82) is 0 Å². The maximum Gasteiger partial charge on any atom is 0.307 e. The fourth-order valence-electron chi connectivity index (χ4n) is 1.29. The number of rotatable bonds is 4. The summed E-state index contributed by atoms with van der Waals surface area (Å²) in [5.74, 6) is -2.00. The Labute approximate surface area is 89.5 Å². The highest BCUT2D eigenvalue weighted by atomic mass is 19.3. The molecule has 16 heavy (non-hydrogen) atoms. The smallest absolute Gasteiger partial charge is 0.307 e. The van der Waals surface area contributed by atoms with Crippen LogP contribution in [0, 0.1) is 0 Å². The summed E-state index contributed by atoms with van der Waals surface area (Å²) in [5, 5.41) is 17.9. The van der Waals surface area contributed by atoms with E-state index in [-0.39, 0.29) is 17.8 Å². The van der Waals surface area contributed by atoms with Crippen molar-refractivity contribution in [2.24, 2.45) is 5.73 Å². The molecule has 0 spiro atoms. The lowest BCUT2D eigenvalue weighted by Crippen LogP contribution is -2.09. The normalized spacial score (nSPS) is 10.8. The number of carboxylic acids is 1. The molecule has 0 aliphatic carbocycles. The number of aliphatic carboxylic acids is 1. The fraction of sp³-hybridized carbons (Fsp3) is 0.333. The predicted molar refractivity (Wildman–Crippen MR) is 50.1 cm³/mol. The molecule has 1 aromatic rings. The summed E-state index contributed by atoms with van der Waals surface area (Å²) in [6.07, 6.45) is -2.59. The van der Waals surface area contributed by atoms with E-state index in [2.05, 4.69) is 4.98 Å². The lowest BCUT2D eigenvalue weighted by molar-refractivity contribution is -0.136. The average Bonchev–Trinajstić information content (AvgIpc) is 2.16. The van der Waals surface area contributed by atoms with E-state index in [1.165, 1.54) is 0 Å². The van der Waals surface area contributed by atoms with Gasteiger partial charge in [0.2, 0.25) is 0 Å². The highest BCUT2D eigenvalue weighted by molar-refractivity contribution is 5.71. The van der Waals surface area contributed by atoms with Gasteiger partial charge in [0.05, 0.1) is 17.7 Å². The van der Waals surface area contributed by atoms with Crippen molar-refractivity contribution in [2.45, 2.75) is 19.4 Å². The molecule has 0 atom stereocenters. The molecule has 0 radical (unpaired) electrons. The van der Waals surface area contributed by atoms with Gasteiger partial charge in [0.1, 0.15) is 5.75 Å². The zero-order valence-corrected chi connectivity index (χ0v) is 8.15. The molecular formula is C9H10F2N2O3. The molecule has 0 aliphatic rings. The third kappa shape index (κ3) is 2.43. The number of hydrogen-bond acceptors (Lipinski definition) is 4. The van der Waals surface area contributed by atoms with E-state index < -0.39 is 30.1 Å². The van der Waals surface area contributed by atoms with Crippen LogP contribution < -0.4 is 5.73 Å². The number of aromatic nitrogens is 1. The molecule has 0 saturated carbocycles. The number of halogens is 2. The number of alkyl halides is 2. The van der Waals surface area contributed by atoms with Crippen molar-refractivity contribution in [3.05, 3.63) is 23.0 Å². The first kappa shape index (κ1) is 12.3. The molecule has 4 N–H and O–H groups in total. The van der Waals surface area contributed by atoms with Gasteiger partial charge in [-0.25, -0.2) is 8.78 Å². The Hall–Kier alpha value is -1.76. The molecule has 1 rings (SSSR count). The number of pyridine rings is 1. The van der Waals surface area contributed by atoms with Crippen LogP contribution in [0.1, 0.15) is 23.2 Å². The molecule has 5 nitrogen and oxygen atoms in total. The summed E-state index contributed by atoms with van der Waals surface area (Å²) in [6.45, 7) is -0.196. The molecule has 1 heterocycles. The van der Waals surface area contributed by atoms with Crippen molar-refractivity contribution in [1.82, 2.24) is 4.98 Å². The molecule has 7 heteroatoms. The molecule has 0 aliphatic heterocycles. The first-order valence-corrected chi connectivity index (χ1v) is 4.37. The first-order valence-electron chi connectivity index (χ1n) is 4.37. The Bertz CT molecular complexity index is 410. The van der Waals surface area contributed by atoms with Crippen LogP contribution in [0.3, 0.4) is 0 Å². The van der Waals surface area contributed by atoms with E-state index in [0.29, 0.717) is 0 Å². The molecule has 88 valence electrons. The molecule has 0 saturated heterocycles. The fourth-order valence-corrected chi connectivity index (χ4v) is 1.29. The van der Waals surface area contributed by atoms with Crippen molar-refractivity contribution in [3.63, 3.8) is 0 Å². The van der Waals surface area contributed by atoms with Crippen LogP contribution in [0.5, 0.6) is 5.75 Å². The quantitative estimate of drug-likeness (QED) is 0.713. The van der Waals surface area contributed by atoms with Crippen LogP contribution in [-0.2, 0) is 17.8 Å². The summed E-state index contributed by atoms with van der Waals surface area (Å²) in [7, 11) is 0. The Morgan fingerprint density at radius 1 is 1.56 bits per heavy atom. The van der Waals surface area contributed by atoms with Gasteiger partial charge in [-0.1, -0.05) is 0 Å². The maximum atomic E-state index is 12.6. The topological polar surface area (TPSA) is 96.4 Å². The number of nitrogens with two attached hydrogens (primary N) is 1. The maximum absolute atomic E-state index is 12.6. The SMILES string of the molecule is NCc1ncc(CC(=O)O)c(C(F)F)c1O. The van der Waals surface area contributed by atoms with Gasteiger partial charge in [0.25, 0.3) is 6.43 Å². The summed E-state index contributed by atoms with van der Waals surface area (Å²) in [5.41, 5.74) is 4.19. The number of nitrogens with zero attached hydrogens (tertiary/aromatic N) is 1. The van der Waals surface area contributed by atoms with Crippen LogP contribution in [0.4, 0.5) is 8.78 Å². The van der Waals surface area contributed by atoms with Crippen molar-refractivity contribution >= 4 is 5.97 Å². The Morgan fingerprint density at radius 2 is 2.19 bits per heavy atom. The van der Waals surface area contributed by atoms with E-state index >= 15 is 0 Å². The van der Waals surface area contributed by atoms with Gasteiger partial charge in [-0.05, 0) is 5.56 Å². The second kappa shape index (κ2) is 4.84. The third-order valence-corrected chi connectivity index (χ3v) is 2.00. The summed E-state index contributed by atoms with van der Waals surface area (Å²) in [4.78, 5) is 14.1. The summed E-state index contributed by atoms with van der Waals surface area (Å²) >= 11 is 0. The minimum absolute atomic E-state index is 0.0792. The van der Waals surface area contributed by atoms with Crippen LogP contribution in [0.15, 0.2) is 6.20 Å². The molecule has 0 amide bonds. The Balaban J connectivity index is 3.28. The van der Waals surface area contributed by atoms with Gasteiger partial charge in [-0.15, -0.1) is 0 Å². The predicted octanol–water partition coefficient (Wildman–Crippen LogP) is 0.811. The zero-order valence-electron chi connectivity index (χ0n) is 8.15. The van der Waals surface area contributed by atoms with Gasteiger partial charge in [0.15, 0.2) is 0 Å². The van der Waals surface area contributed by atoms with E-state index in [0.717, 1.165) is 6.20 Å². The molecule has 0 bridgehead atoms. The zero-order chi connectivity index (χ0) is 12.3. The molecule has 0 aromatic carbocycles. The second-order valence-corrected chi connectivity index (χ2v) is 3.07. The van der Waals surface area contributed by atoms with E-state index in [9.17, 15) is 18.7 Å². The highest BCUT2D eigenvalue weighted by Gasteiger charge is 2.22. The molecule has 0 unspecified atom stereocenters. The van der Waals surface area contributed by atoms with Crippen molar-refractivity contribution < 1.29 is 23.8 Å². The van der Waals surface area contributed by atoms with Crippen LogP contribution in [-0.4, -0.2) is 21.2 Å². The number of hydrogen-bond donors (Lipinski definition) is 3. The summed E-state index contributed by atoms with van der Waals surface area (Å²) in [6, 6.07) is 0. The lowest BCUT2D eigenvalue weighted by atomic mass is 10.1. The standard InChI is InChI=1S/C9H10F2N2O3/c10-9(11)7-4(1-6(14)15)3-13-5(2-12)8(7)16/h3,9,16H,1-2,12H2,(H,14,15). The van der Waals surface area contributed by atoms with Gasteiger partial charge in [0, 0.05) is 12.7 Å². The van der Waals surface area contributed by atoms with Gasteiger partial charge in [-0.2, -0.15) is 0 Å². The average molecular weight is 232 g/mol. The number of aromatic hydroxyl groups is 1. The third-order valence-electron chi connectivity index (χ3n) is 2.00. The van der Waals surface area contributed by atoms with E-state index in [1.54, 1.807) is 0 Å². The largest absolute Gasteiger partial charge is 0.505 e. The van der Waals surface area contributed by atoms with Crippen LogP contribution in [0.25, 0.3) is 0 Å². The minimum Gasteiger partial charge on any atom is -0.505 e. The van der Waals surface area contributed by atoms with Gasteiger partial charge < -0.3 is 15.9 Å². The Kier molecular flexibility index (Phi) is 3.73. The molecule has 0 fully saturated rings. The minimum atomic E-state index is -2.97. The lowest BCUT2D eigenvalue weighted by Gasteiger charge is -2.11.